The van der Waals surface area contributed by atoms with Crippen molar-refractivity contribution in [1.82, 2.24) is 4.31 Å². The second kappa shape index (κ2) is 8.97. The Morgan fingerprint density at radius 3 is 2.14 bits per heavy atom. The van der Waals surface area contributed by atoms with Crippen LogP contribution in [0.4, 0.5) is 5.69 Å². The highest BCUT2D eigenvalue weighted by Gasteiger charge is 2.65. The summed E-state index contributed by atoms with van der Waals surface area (Å²) in [6, 6.07) is 31.0. The first-order valence-electron chi connectivity index (χ1n) is 11.7. The van der Waals surface area contributed by atoms with Gasteiger partial charge in [-0.3, -0.25) is 4.79 Å². The zero-order valence-corrected chi connectivity index (χ0v) is 20.9. The molecule has 1 aromatic heterocycles. The molecular formula is C28H24N2O4S2. The summed E-state index contributed by atoms with van der Waals surface area (Å²) in [7, 11) is -3.83. The van der Waals surface area contributed by atoms with Gasteiger partial charge in [-0.25, -0.2) is 8.42 Å². The van der Waals surface area contributed by atoms with Crippen molar-refractivity contribution in [3.05, 3.63) is 119 Å². The van der Waals surface area contributed by atoms with Crippen LogP contribution in [-0.2, 0) is 14.8 Å². The van der Waals surface area contributed by atoms with E-state index in [-0.39, 0.29) is 23.8 Å². The number of anilines is 1. The number of carbonyl (C=O) groups excluding carboxylic acids is 1. The minimum Gasteiger partial charge on any atom is -0.336 e. The zero-order valence-electron chi connectivity index (χ0n) is 19.3. The van der Waals surface area contributed by atoms with Gasteiger partial charge in [0.25, 0.3) is 0 Å². The van der Waals surface area contributed by atoms with Crippen LogP contribution in [-0.4, -0.2) is 43.2 Å². The van der Waals surface area contributed by atoms with E-state index in [4.69, 9.17) is 4.74 Å². The van der Waals surface area contributed by atoms with Crippen molar-refractivity contribution in [2.75, 3.05) is 18.0 Å². The van der Waals surface area contributed by atoms with Crippen molar-refractivity contribution >= 4 is 32.8 Å². The Kier molecular flexibility index (Phi) is 5.76. The number of rotatable bonds is 6. The van der Waals surface area contributed by atoms with E-state index in [1.807, 2.05) is 72.1 Å². The molecule has 1 unspecified atom stereocenters. The Hall–Kier alpha value is -3.30. The van der Waals surface area contributed by atoms with Crippen molar-refractivity contribution in [2.45, 2.75) is 22.8 Å². The molecule has 182 valence electrons. The number of nitrogens with zero attached hydrogens (tertiary/aromatic N) is 2. The molecular weight excluding hydrogens is 492 g/mol. The summed E-state index contributed by atoms with van der Waals surface area (Å²) in [4.78, 5) is 16.9. The molecule has 8 heteroatoms. The van der Waals surface area contributed by atoms with E-state index in [2.05, 4.69) is 4.90 Å². The van der Waals surface area contributed by atoms with Gasteiger partial charge in [-0.2, -0.15) is 4.31 Å². The molecule has 0 aliphatic carbocycles. The largest absolute Gasteiger partial charge is 0.336 e. The molecule has 2 aliphatic rings. The first-order chi connectivity index (χ1) is 17.5. The fourth-order valence-electron chi connectivity index (χ4n) is 5.20. The Bertz CT molecular complexity index is 1460. The number of para-hydroxylation sites is 1. The van der Waals surface area contributed by atoms with Crippen molar-refractivity contribution in [3.8, 4) is 0 Å². The lowest BCUT2D eigenvalue weighted by Gasteiger charge is -2.31. The number of carbonyl (C=O) groups is 1. The number of sulfonamides is 1. The van der Waals surface area contributed by atoms with E-state index in [0.29, 0.717) is 4.88 Å². The third-order valence-corrected chi connectivity index (χ3v) is 9.58. The maximum atomic E-state index is 14.1. The van der Waals surface area contributed by atoms with Crippen LogP contribution in [0.2, 0.25) is 0 Å². The predicted octanol–water partition coefficient (Wildman–Crippen LogP) is 4.98. The summed E-state index contributed by atoms with van der Waals surface area (Å²) in [5.74, 6) is -0.187. The van der Waals surface area contributed by atoms with Gasteiger partial charge in [0.1, 0.15) is 0 Å². The molecule has 0 bridgehead atoms. The topological polar surface area (TPSA) is 66.9 Å². The zero-order chi connectivity index (χ0) is 24.8. The molecule has 2 aliphatic heterocycles. The summed E-state index contributed by atoms with van der Waals surface area (Å²) in [5.41, 5.74) is 0.422. The molecule has 3 aromatic carbocycles. The van der Waals surface area contributed by atoms with Crippen molar-refractivity contribution in [2.24, 2.45) is 0 Å². The van der Waals surface area contributed by atoms with Crippen LogP contribution in [0.3, 0.4) is 0 Å². The van der Waals surface area contributed by atoms with Gasteiger partial charge in [0.05, 0.1) is 22.4 Å². The Morgan fingerprint density at radius 1 is 0.861 bits per heavy atom. The number of hydrogen-bond donors (Lipinski definition) is 0. The van der Waals surface area contributed by atoms with Gasteiger partial charge in [0, 0.05) is 17.8 Å². The first-order valence-corrected chi connectivity index (χ1v) is 14.0. The van der Waals surface area contributed by atoms with Crippen LogP contribution < -0.4 is 4.90 Å². The average molecular weight is 517 g/mol. The van der Waals surface area contributed by atoms with Crippen molar-refractivity contribution in [1.29, 1.82) is 0 Å². The van der Waals surface area contributed by atoms with Crippen molar-refractivity contribution in [3.63, 3.8) is 0 Å². The summed E-state index contributed by atoms with van der Waals surface area (Å²) in [6.45, 7) is 0.0743. The van der Waals surface area contributed by atoms with Gasteiger partial charge in [-0.15, -0.1) is 11.3 Å². The number of fused-ring (bicyclic) bond motifs is 1. The Balaban J connectivity index is 1.50. The molecule has 2 saturated heterocycles. The van der Waals surface area contributed by atoms with Crippen molar-refractivity contribution < 1.29 is 17.9 Å². The maximum absolute atomic E-state index is 14.1. The molecule has 6 rings (SSSR count). The summed E-state index contributed by atoms with van der Waals surface area (Å²) < 4.78 is 35.5. The van der Waals surface area contributed by atoms with Crippen LogP contribution in [0.25, 0.3) is 0 Å². The van der Waals surface area contributed by atoms with E-state index >= 15 is 0 Å². The van der Waals surface area contributed by atoms with Crippen LogP contribution in [0.5, 0.6) is 0 Å². The first kappa shape index (κ1) is 23.1. The molecule has 0 amide bonds. The van der Waals surface area contributed by atoms with E-state index < -0.39 is 27.9 Å². The van der Waals surface area contributed by atoms with Gasteiger partial charge >= 0.3 is 0 Å². The number of ketones is 1. The minimum atomic E-state index is -3.83. The average Bonchev–Trinajstić information content (AvgIpc) is 3.65. The number of thiophene rings is 1. The molecule has 6 nitrogen and oxygen atoms in total. The molecule has 0 spiro atoms. The third kappa shape index (κ3) is 3.69. The summed E-state index contributed by atoms with van der Waals surface area (Å²) in [6.07, 6.45) is -0.538. The van der Waals surface area contributed by atoms with Gasteiger partial charge in [0.15, 0.2) is 11.8 Å². The van der Waals surface area contributed by atoms with Gasteiger partial charge < -0.3 is 9.64 Å². The lowest BCUT2D eigenvalue weighted by atomic mass is 9.91. The molecule has 3 heterocycles. The minimum absolute atomic E-state index is 0.0572. The quantitative estimate of drug-likeness (QED) is 0.338. The number of Topliss-reactive ketones (excluding diaryl/α,β-unsaturated/α-hetero) is 1. The highest BCUT2D eigenvalue weighted by Crippen LogP contribution is 2.50. The molecule has 3 atom stereocenters. The molecule has 36 heavy (non-hydrogen) atoms. The van der Waals surface area contributed by atoms with E-state index in [9.17, 15) is 13.2 Å². The summed E-state index contributed by atoms with van der Waals surface area (Å²) >= 11 is 1.34. The third-order valence-electron chi connectivity index (χ3n) is 6.89. The van der Waals surface area contributed by atoms with E-state index in [1.165, 1.54) is 15.6 Å². The Labute approximate surface area is 214 Å². The predicted molar refractivity (Wildman–Crippen MR) is 140 cm³/mol. The van der Waals surface area contributed by atoms with Gasteiger partial charge in [-0.05, 0) is 35.7 Å². The lowest BCUT2D eigenvalue weighted by Crippen LogP contribution is -2.50. The number of benzene rings is 3. The molecule has 4 aromatic rings. The smallest absolute Gasteiger partial charge is 0.243 e. The van der Waals surface area contributed by atoms with Crippen LogP contribution in [0, 0.1) is 0 Å². The molecule has 0 N–H and O–H groups in total. The molecule has 2 fully saturated rings. The van der Waals surface area contributed by atoms with Gasteiger partial charge in [-0.1, -0.05) is 72.8 Å². The van der Waals surface area contributed by atoms with Crippen LogP contribution in [0.15, 0.2) is 113 Å². The monoisotopic (exact) mass is 516 g/mol. The van der Waals surface area contributed by atoms with E-state index in [0.717, 1.165) is 11.3 Å². The fourth-order valence-corrected chi connectivity index (χ4v) is 7.44. The fraction of sp³-hybridized carbons (Fsp3) is 0.179. The van der Waals surface area contributed by atoms with E-state index in [1.54, 1.807) is 36.4 Å². The number of ether oxygens (including phenoxy) is 1. The normalized spacial score (nSPS) is 24.1. The maximum Gasteiger partial charge on any atom is 0.243 e. The second-order valence-electron chi connectivity index (χ2n) is 8.95. The SMILES string of the molecule is O=C(c1cccs1)[C@]12CN(S(=O)(=O)c3ccccc3)C[C@H]1N(c1ccccc1)C(c1ccccc1)O2. The van der Waals surface area contributed by atoms with Crippen LogP contribution in [0.1, 0.15) is 21.5 Å². The molecule has 0 radical (unpaired) electrons. The lowest BCUT2D eigenvalue weighted by molar-refractivity contribution is -0.0208. The Morgan fingerprint density at radius 2 is 1.50 bits per heavy atom. The highest BCUT2D eigenvalue weighted by molar-refractivity contribution is 7.89. The summed E-state index contributed by atoms with van der Waals surface area (Å²) in [5, 5.41) is 1.85. The molecule has 0 saturated carbocycles. The highest BCUT2D eigenvalue weighted by atomic mass is 32.2. The number of hydrogen-bond acceptors (Lipinski definition) is 6. The second-order valence-corrected chi connectivity index (χ2v) is 11.8. The standard InChI is InChI=1S/C28H24N2O4S2/c31-26(24-17-10-18-35-24)28-20-29(36(32,33)23-15-8-3-9-16-23)19-25(28)30(22-13-6-2-7-14-22)27(34-28)21-11-4-1-5-12-21/h1-18,25,27H,19-20H2/t25-,27?,28+/m1/s1. The van der Waals surface area contributed by atoms with Gasteiger partial charge in [0.2, 0.25) is 15.8 Å². The van der Waals surface area contributed by atoms with Crippen LogP contribution >= 0.6 is 11.3 Å².